The second-order valence-electron chi connectivity index (χ2n) is 6.29. The largest absolute Gasteiger partial charge is 0.333 e. The monoisotopic (exact) mass is 331 g/mol. The van der Waals surface area contributed by atoms with E-state index in [0.29, 0.717) is 30.8 Å². The Morgan fingerprint density at radius 1 is 1.32 bits per heavy atom. The highest BCUT2D eigenvalue weighted by Gasteiger charge is 2.27. The van der Waals surface area contributed by atoms with Gasteiger partial charge in [-0.05, 0) is 43.5 Å². The smallest absolute Gasteiger partial charge is 0.274 e. The summed E-state index contributed by atoms with van der Waals surface area (Å²) in [5.41, 5.74) is 5.45. The van der Waals surface area contributed by atoms with Gasteiger partial charge in [-0.3, -0.25) is 9.78 Å². The maximum atomic E-state index is 13.0. The summed E-state index contributed by atoms with van der Waals surface area (Å²) in [6, 6.07) is 7.96. The van der Waals surface area contributed by atoms with Crippen LogP contribution < -0.4 is 0 Å². The van der Waals surface area contributed by atoms with Crippen LogP contribution in [0.2, 0.25) is 0 Å². The van der Waals surface area contributed by atoms with Gasteiger partial charge in [0.2, 0.25) is 0 Å². The lowest BCUT2D eigenvalue weighted by Gasteiger charge is -2.29. The van der Waals surface area contributed by atoms with Crippen molar-refractivity contribution in [2.24, 2.45) is 0 Å². The van der Waals surface area contributed by atoms with Gasteiger partial charge in [0, 0.05) is 25.5 Å². The van der Waals surface area contributed by atoms with E-state index in [2.05, 4.69) is 16.0 Å². The number of imidazole rings is 1. The Kier molecular flexibility index (Phi) is 3.50. The Morgan fingerprint density at radius 3 is 2.92 bits per heavy atom. The first-order valence-corrected chi connectivity index (χ1v) is 8.20. The first-order chi connectivity index (χ1) is 12.1. The molecule has 0 N–H and O–H groups in total. The maximum Gasteiger partial charge on any atom is 0.274 e. The highest BCUT2D eigenvalue weighted by atomic mass is 16.2. The third-order valence-electron chi connectivity index (χ3n) is 4.83. The predicted molar refractivity (Wildman–Crippen MR) is 92.1 cm³/mol. The van der Waals surface area contributed by atoms with Crippen molar-refractivity contribution >= 4 is 11.6 Å². The molecule has 0 atom stereocenters. The Morgan fingerprint density at radius 2 is 2.16 bits per heavy atom. The van der Waals surface area contributed by atoms with E-state index >= 15 is 0 Å². The number of carbonyl (C=O) groups is 1. The van der Waals surface area contributed by atoms with Crippen LogP contribution in [0.5, 0.6) is 0 Å². The molecule has 25 heavy (non-hydrogen) atoms. The summed E-state index contributed by atoms with van der Waals surface area (Å²) in [4.78, 5) is 23.6. The van der Waals surface area contributed by atoms with Gasteiger partial charge >= 0.3 is 0 Å². The summed E-state index contributed by atoms with van der Waals surface area (Å²) in [5, 5.41) is 9.36. The fraction of sp³-hybridized carbons (Fsp3) is 0.263. The van der Waals surface area contributed by atoms with Crippen molar-refractivity contribution in [3.63, 3.8) is 0 Å². The third kappa shape index (κ3) is 2.36. The van der Waals surface area contributed by atoms with Crippen molar-refractivity contribution < 1.29 is 4.79 Å². The number of nitriles is 1. The first kappa shape index (κ1) is 15.3. The van der Waals surface area contributed by atoms with Gasteiger partial charge in [0.05, 0.1) is 17.0 Å². The molecule has 6 heteroatoms. The number of amides is 1. The summed E-state index contributed by atoms with van der Waals surface area (Å²) in [6.45, 7) is 4.79. The fourth-order valence-electron chi connectivity index (χ4n) is 3.44. The Hall–Kier alpha value is -3.20. The average Bonchev–Trinajstić information content (AvgIpc) is 2.98. The predicted octanol–water partition coefficient (Wildman–Crippen LogP) is 2.42. The van der Waals surface area contributed by atoms with Gasteiger partial charge in [0.1, 0.15) is 17.4 Å². The summed E-state index contributed by atoms with van der Waals surface area (Å²) in [5.74, 6) is -0.0778. The Labute approximate surface area is 145 Å². The number of fused-ring (bicyclic) bond motifs is 2. The molecular formula is C19H17N5O. The molecule has 0 aromatic carbocycles. The van der Waals surface area contributed by atoms with E-state index in [1.807, 2.05) is 42.6 Å². The number of pyridine rings is 2. The van der Waals surface area contributed by atoms with Gasteiger partial charge in [-0.2, -0.15) is 5.26 Å². The zero-order chi connectivity index (χ0) is 17.6. The van der Waals surface area contributed by atoms with Gasteiger partial charge in [-0.15, -0.1) is 0 Å². The molecule has 4 heterocycles. The van der Waals surface area contributed by atoms with Crippen LogP contribution in [-0.4, -0.2) is 31.7 Å². The van der Waals surface area contributed by atoms with Crippen LogP contribution in [0.3, 0.4) is 0 Å². The quantitative estimate of drug-likeness (QED) is 0.686. The van der Waals surface area contributed by atoms with Crippen molar-refractivity contribution in [1.29, 1.82) is 5.26 Å². The van der Waals surface area contributed by atoms with Crippen molar-refractivity contribution in [2.75, 3.05) is 6.54 Å². The number of nitrogens with zero attached hydrogens (tertiary/aromatic N) is 5. The summed E-state index contributed by atoms with van der Waals surface area (Å²) < 4.78 is 1.92. The minimum absolute atomic E-state index is 0.0778. The molecule has 1 aliphatic rings. The lowest BCUT2D eigenvalue weighted by atomic mass is 9.95. The molecule has 3 aromatic rings. The fourth-order valence-corrected chi connectivity index (χ4v) is 3.44. The number of aromatic nitrogens is 3. The topological polar surface area (TPSA) is 74.3 Å². The number of hydrogen-bond donors (Lipinski definition) is 0. The van der Waals surface area contributed by atoms with Crippen molar-refractivity contribution in [3.05, 3.63) is 64.4 Å². The molecule has 1 amide bonds. The standard InChI is InChI=1S/C19H17N5O/c1-12-16(9-20)15-6-8-23(11-14(15)10-21-12)19(25)18-13(2)24-7-4-3-5-17(24)22-18/h3-5,7,10H,6,8,11H2,1-2H3. The van der Waals surface area contributed by atoms with E-state index in [-0.39, 0.29) is 5.91 Å². The summed E-state index contributed by atoms with van der Waals surface area (Å²) in [6.07, 6.45) is 4.35. The number of carbonyl (C=O) groups excluding carboxylic acids is 1. The van der Waals surface area contributed by atoms with Crippen molar-refractivity contribution in [2.45, 2.75) is 26.8 Å². The van der Waals surface area contributed by atoms with E-state index in [1.165, 1.54) is 0 Å². The van der Waals surface area contributed by atoms with Crippen molar-refractivity contribution in [1.82, 2.24) is 19.3 Å². The van der Waals surface area contributed by atoms with E-state index in [1.54, 1.807) is 11.1 Å². The molecule has 0 fully saturated rings. The van der Waals surface area contributed by atoms with Crippen molar-refractivity contribution in [3.8, 4) is 6.07 Å². The molecule has 0 saturated carbocycles. The van der Waals surface area contributed by atoms with E-state index in [9.17, 15) is 10.1 Å². The third-order valence-corrected chi connectivity index (χ3v) is 4.83. The highest BCUT2D eigenvalue weighted by Crippen LogP contribution is 2.25. The molecule has 0 spiro atoms. The molecule has 0 aliphatic carbocycles. The molecular weight excluding hydrogens is 314 g/mol. The SMILES string of the molecule is Cc1ncc2c(c1C#N)CCN(C(=O)c1nc3ccccn3c1C)C2. The van der Waals surface area contributed by atoms with Crippen LogP contribution in [0.15, 0.2) is 30.6 Å². The normalized spacial score (nSPS) is 13.6. The minimum Gasteiger partial charge on any atom is -0.333 e. The lowest BCUT2D eigenvalue weighted by Crippen LogP contribution is -2.37. The summed E-state index contributed by atoms with van der Waals surface area (Å²) >= 11 is 0. The zero-order valence-corrected chi connectivity index (χ0v) is 14.2. The number of hydrogen-bond acceptors (Lipinski definition) is 4. The maximum absolute atomic E-state index is 13.0. The van der Waals surface area contributed by atoms with Crippen LogP contribution in [0.4, 0.5) is 0 Å². The molecule has 1 aliphatic heterocycles. The highest BCUT2D eigenvalue weighted by molar-refractivity contribution is 5.94. The molecule has 0 saturated heterocycles. The second kappa shape index (κ2) is 5.71. The molecule has 0 bridgehead atoms. The zero-order valence-electron chi connectivity index (χ0n) is 14.2. The van der Waals surface area contributed by atoms with Gasteiger partial charge in [0.15, 0.2) is 0 Å². The first-order valence-electron chi connectivity index (χ1n) is 8.20. The van der Waals surface area contributed by atoms with Gasteiger partial charge in [-0.25, -0.2) is 4.98 Å². The summed E-state index contributed by atoms with van der Waals surface area (Å²) in [7, 11) is 0. The van der Waals surface area contributed by atoms with E-state index in [4.69, 9.17) is 0 Å². The van der Waals surface area contributed by atoms with E-state index in [0.717, 1.165) is 28.2 Å². The number of rotatable bonds is 1. The van der Waals surface area contributed by atoms with Crippen LogP contribution in [0.1, 0.15) is 38.6 Å². The molecule has 3 aromatic heterocycles. The van der Waals surface area contributed by atoms with Gasteiger partial charge < -0.3 is 9.30 Å². The lowest BCUT2D eigenvalue weighted by molar-refractivity contribution is 0.0728. The molecule has 0 radical (unpaired) electrons. The Bertz CT molecular complexity index is 1040. The van der Waals surface area contributed by atoms with Crippen LogP contribution in [-0.2, 0) is 13.0 Å². The second-order valence-corrected chi connectivity index (χ2v) is 6.29. The molecule has 0 unspecified atom stereocenters. The van der Waals surface area contributed by atoms with Crippen LogP contribution >= 0.6 is 0 Å². The van der Waals surface area contributed by atoms with E-state index < -0.39 is 0 Å². The van der Waals surface area contributed by atoms with Crippen LogP contribution in [0.25, 0.3) is 5.65 Å². The Balaban J connectivity index is 1.68. The van der Waals surface area contributed by atoms with Gasteiger partial charge in [-0.1, -0.05) is 6.07 Å². The molecule has 6 nitrogen and oxygen atoms in total. The van der Waals surface area contributed by atoms with Crippen LogP contribution in [0, 0.1) is 25.2 Å². The van der Waals surface area contributed by atoms with Gasteiger partial charge in [0.25, 0.3) is 5.91 Å². The molecule has 124 valence electrons. The number of aryl methyl sites for hydroxylation is 2. The minimum atomic E-state index is -0.0778. The molecule has 4 rings (SSSR count). The average molecular weight is 331 g/mol.